The van der Waals surface area contributed by atoms with Gasteiger partial charge >= 0.3 is 0 Å². The molecule has 2 aliphatic rings. The maximum absolute atomic E-state index is 12.1. The minimum atomic E-state index is -3.29. The van der Waals surface area contributed by atoms with Crippen LogP contribution in [0.1, 0.15) is 19.8 Å². The minimum Gasteiger partial charge on any atom is -0.378 e. The number of ether oxygens (including phenoxy) is 1. The van der Waals surface area contributed by atoms with E-state index in [0.29, 0.717) is 18.9 Å². The maximum atomic E-state index is 12.1. The Morgan fingerprint density at radius 3 is 2.43 bits per heavy atom. The first-order valence-electron chi connectivity index (χ1n) is 8.31. The fourth-order valence-electron chi connectivity index (χ4n) is 3.10. The van der Waals surface area contributed by atoms with Gasteiger partial charge in [-0.3, -0.25) is 4.72 Å². The van der Waals surface area contributed by atoms with Crippen molar-refractivity contribution >= 4 is 27.1 Å². The number of benzene rings is 1. The molecule has 1 aromatic carbocycles. The smallest absolute Gasteiger partial charge is 0.232 e. The molecule has 0 unspecified atom stereocenters. The summed E-state index contributed by atoms with van der Waals surface area (Å²) < 4.78 is 32.3. The van der Waals surface area contributed by atoms with Crippen molar-refractivity contribution in [1.82, 2.24) is 0 Å². The zero-order valence-electron chi connectivity index (χ0n) is 13.6. The van der Waals surface area contributed by atoms with Crippen LogP contribution in [-0.2, 0) is 14.8 Å². The van der Waals surface area contributed by atoms with Gasteiger partial charge in [0.15, 0.2) is 0 Å². The topological polar surface area (TPSA) is 61.9 Å². The fourth-order valence-corrected chi connectivity index (χ4v) is 3.74. The molecule has 0 spiro atoms. The summed E-state index contributed by atoms with van der Waals surface area (Å²) in [5.74, 6) is 0.0776. The van der Waals surface area contributed by atoms with Gasteiger partial charge in [0, 0.05) is 31.9 Å². The van der Waals surface area contributed by atoms with Gasteiger partial charge in [-0.05, 0) is 38.0 Å². The minimum absolute atomic E-state index is 0.0776. The summed E-state index contributed by atoms with van der Waals surface area (Å²) in [7, 11) is -3.29. The summed E-state index contributed by atoms with van der Waals surface area (Å²) in [6.45, 7) is 6.72. The maximum Gasteiger partial charge on any atom is 0.232 e. The van der Waals surface area contributed by atoms with Crippen molar-refractivity contribution in [2.24, 2.45) is 0 Å². The molecule has 2 heterocycles. The predicted octanol–water partition coefficient (Wildman–Crippen LogP) is 1.88. The Labute approximate surface area is 138 Å². The number of nitrogens with zero attached hydrogens (tertiary/aromatic N) is 2. The molecule has 0 aliphatic carbocycles. The van der Waals surface area contributed by atoms with Gasteiger partial charge in [0.05, 0.1) is 30.3 Å². The summed E-state index contributed by atoms with van der Waals surface area (Å²) in [5, 5.41) is 0. The predicted molar refractivity (Wildman–Crippen MR) is 94.0 cm³/mol. The summed E-state index contributed by atoms with van der Waals surface area (Å²) in [6, 6.07) is 6.10. The van der Waals surface area contributed by atoms with Crippen LogP contribution in [-0.4, -0.2) is 53.6 Å². The molecular formula is C16H25N3O3S. The van der Waals surface area contributed by atoms with E-state index >= 15 is 0 Å². The first-order chi connectivity index (χ1) is 11.1. The summed E-state index contributed by atoms with van der Waals surface area (Å²) in [4.78, 5) is 4.50. The van der Waals surface area contributed by atoms with E-state index in [9.17, 15) is 8.42 Å². The number of sulfonamides is 1. The Balaban J connectivity index is 1.92. The van der Waals surface area contributed by atoms with Crippen molar-refractivity contribution in [3.63, 3.8) is 0 Å². The molecule has 0 aromatic heterocycles. The lowest BCUT2D eigenvalue weighted by atomic mass is 10.2. The van der Waals surface area contributed by atoms with Gasteiger partial charge < -0.3 is 14.5 Å². The molecular weight excluding hydrogens is 314 g/mol. The van der Waals surface area contributed by atoms with Gasteiger partial charge in [0.25, 0.3) is 0 Å². The Bertz CT molecular complexity index is 636. The zero-order chi connectivity index (χ0) is 16.3. The van der Waals surface area contributed by atoms with Gasteiger partial charge in [-0.1, -0.05) is 0 Å². The van der Waals surface area contributed by atoms with Gasteiger partial charge in [-0.2, -0.15) is 0 Å². The molecule has 3 rings (SSSR count). The van der Waals surface area contributed by atoms with E-state index in [2.05, 4.69) is 20.6 Å². The average molecular weight is 339 g/mol. The highest BCUT2D eigenvalue weighted by atomic mass is 32.2. The third-order valence-corrected chi connectivity index (χ3v) is 5.74. The van der Waals surface area contributed by atoms with Gasteiger partial charge in [0.2, 0.25) is 10.0 Å². The lowest BCUT2D eigenvalue weighted by molar-refractivity contribution is 0.122. The summed E-state index contributed by atoms with van der Waals surface area (Å²) >= 11 is 0. The van der Waals surface area contributed by atoms with Crippen LogP contribution in [0.2, 0.25) is 0 Å². The molecule has 0 atom stereocenters. The highest BCUT2D eigenvalue weighted by Crippen LogP contribution is 2.33. The van der Waals surface area contributed by atoms with E-state index in [4.69, 9.17) is 4.74 Å². The average Bonchev–Trinajstić information content (AvgIpc) is 3.09. The Hall–Kier alpha value is -1.47. The zero-order valence-corrected chi connectivity index (χ0v) is 14.4. The highest BCUT2D eigenvalue weighted by molar-refractivity contribution is 7.92. The molecule has 0 saturated carbocycles. The van der Waals surface area contributed by atoms with Crippen LogP contribution < -0.4 is 14.5 Å². The molecule has 1 N–H and O–H groups in total. The number of hydrogen-bond donors (Lipinski definition) is 1. The number of nitrogens with one attached hydrogen (secondary N) is 1. The van der Waals surface area contributed by atoms with E-state index in [1.165, 1.54) is 0 Å². The summed E-state index contributed by atoms with van der Waals surface area (Å²) in [6.07, 6.45) is 2.32. The highest BCUT2D eigenvalue weighted by Gasteiger charge is 2.20. The van der Waals surface area contributed by atoms with Gasteiger partial charge in [0.1, 0.15) is 0 Å². The van der Waals surface area contributed by atoms with Crippen molar-refractivity contribution in [3.05, 3.63) is 18.2 Å². The lowest BCUT2D eigenvalue weighted by Crippen LogP contribution is -2.36. The third kappa shape index (κ3) is 3.90. The number of anilines is 3. The van der Waals surface area contributed by atoms with Crippen molar-refractivity contribution in [3.8, 4) is 0 Å². The van der Waals surface area contributed by atoms with Crippen LogP contribution in [0.3, 0.4) is 0 Å². The largest absolute Gasteiger partial charge is 0.378 e. The number of hydrogen-bond acceptors (Lipinski definition) is 5. The quantitative estimate of drug-likeness (QED) is 0.887. The van der Waals surface area contributed by atoms with Crippen LogP contribution in [0.4, 0.5) is 17.1 Å². The molecule has 6 nitrogen and oxygen atoms in total. The second-order valence-electron chi connectivity index (χ2n) is 6.00. The molecule has 2 saturated heterocycles. The van der Waals surface area contributed by atoms with Crippen LogP contribution >= 0.6 is 0 Å². The van der Waals surface area contributed by atoms with Crippen LogP contribution in [0, 0.1) is 0 Å². The molecule has 1 aromatic rings. The number of rotatable bonds is 5. The van der Waals surface area contributed by atoms with Crippen molar-refractivity contribution in [2.45, 2.75) is 19.8 Å². The van der Waals surface area contributed by atoms with E-state index < -0.39 is 10.0 Å². The van der Waals surface area contributed by atoms with E-state index in [-0.39, 0.29) is 5.75 Å². The lowest BCUT2D eigenvalue weighted by Gasteiger charge is -2.30. The second-order valence-corrected chi connectivity index (χ2v) is 8.01. The molecule has 0 bridgehead atoms. The Morgan fingerprint density at radius 1 is 1.09 bits per heavy atom. The second kappa shape index (κ2) is 6.97. The molecule has 128 valence electrons. The monoisotopic (exact) mass is 339 g/mol. The first-order valence-corrected chi connectivity index (χ1v) is 9.96. The van der Waals surface area contributed by atoms with Gasteiger partial charge in [-0.15, -0.1) is 0 Å². The first kappa shape index (κ1) is 16.4. The molecule has 2 aliphatic heterocycles. The molecule has 0 amide bonds. The molecule has 2 fully saturated rings. The van der Waals surface area contributed by atoms with E-state index in [0.717, 1.165) is 50.4 Å². The van der Waals surface area contributed by atoms with Crippen LogP contribution in [0.5, 0.6) is 0 Å². The molecule has 0 radical (unpaired) electrons. The molecule has 7 heteroatoms. The third-order valence-electron chi connectivity index (χ3n) is 4.45. The Morgan fingerprint density at radius 2 is 1.78 bits per heavy atom. The Kier molecular flexibility index (Phi) is 4.96. The van der Waals surface area contributed by atoms with Crippen molar-refractivity contribution in [2.75, 3.05) is 59.7 Å². The standard InChI is InChI=1S/C16H25N3O3S/c1-2-23(20,21)17-15-13-14(18-9-11-22-12-10-18)5-6-16(15)19-7-3-4-8-19/h5-6,13,17H,2-4,7-12H2,1H3. The number of morpholine rings is 1. The van der Waals surface area contributed by atoms with Crippen molar-refractivity contribution in [1.29, 1.82) is 0 Å². The van der Waals surface area contributed by atoms with Gasteiger partial charge in [-0.25, -0.2) is 8.42 Å². The van der Waals surface area contributed by atoms with Crippen molar-refractivity contribution < 1.29 is 13.2 Å². The molecule has 23 heavy (non-hydrogen) atoms. The summed E-state index contributed by atoms with van der Waals surface area (Å²) in [5.41, 5.74) is 2.72. The van der Waals surface area contributed by atoms with Crippen LogP contribution in [0.15, 0.2) is 18.2 Å². The SMILES string of the molecule is CCS(=O)(=O)Nc1cc(N2CCOCC2)ccc1N1CCCC1. The normalized spacial score (nSPS) is 19.2. The van der Waals surface area contributed by atoms with Crippen LogP contribution in [0.25, 0.3) is 0 Å². The van der Waals surface area contributed by atoms with E-state index in [1.54, 1.807) is 6.92 Å². The fraction of sp³-hybridized carbons (Fsp3) is 0.625. The van der Waals surface area contributed by atoms with E-state index in [1.807, 2.05) is 12.1 Å².